The maximum Gasteiger partial charge on any atom is 0.199 e. The molecule has 4 rings (SSSR count). The second-order valence-corrected chi connectivity index (χ2v) is 9.01. The van der Waals surface area contributed by atoms with Gasteiger partial charge in [-0.2, -0.15) is 10.4 Å². The smallest absolute Gasteiger partial charge is 0.199 e. The summed E-state index contributed by atoms with van der Waals surface area (Å²) in [6, 6.07) is 16.4. The van der Waals surface area contributed by atoms with Crippen molar-refractivity contribution in [3.63, 3.8) is 0 Å². The summed E-state index contributed by atoms with van der Waals surface area (Å²) in [6.07, 6.45) is 2.14. The molecule has 1 aromatic heterocycles. The Morgan fingerprint density at radius 2 is 1.94 bits per heavy atom. The lowest BCUT2D eigenvalue weighted by Gasteiger charge is -2.26. The van der Waals surface area contributed by atoms with Crippen LogP contribution in [0.5, 0.6) is 0 Å². The van der Waals surface area contributed by atoms with Crippen LogP contribution in [-0.2, 0) is 24.5 Å². The lowest BCUT2D eigenvalue weighted by molar-refractivity contribution is 0.0964. The van der Waals surface area contributed by atoms with Crippen LogP contribution in [0.4, 0.5) is 4.39 Å². The van der Waals surface area contributed by atoms with Crippen molar-refractivity contribution in [1.82, 2.24) is 19.2 Å². The summed E-state index contributed by atoms with van der Waals surface area (Å²) in [5.74, 6) is 0.438. The molecule has 0 bridgehead atoms. The molecule has 1 aliphatic heterocycles. The number of rotatable bonds is 8. The van der Waals surface area contributed by atoms with Crippen LogP contribution in [0, 0.1) is 21.9 Å². The summed E-state index contributed by atoms with van der Waals surface area (Å²) >= 11 is 5.85. The molecule has 3 aromatic rings. The summed E-state index contributed by atoms with van der Waals surface area (Å²) in [6.45, 7) is 6.89. The SMILES string of the molecule is CC(C)N(Cc1ccc(C#N)cc1)Cn1nc(-c2ccc(F)cc2)n(CC2CCCO2)c1=S. The zero-order valence-corrected chi connectivity index (χ0v) is 19.8. The van der Waals surface area contributed by atoms with Crippen molar-refractivity contribution in [2.75, 3.05) is 6.61 Å². The van der Waals surface area contributed by atoms with Crippen LogP contribution in [-0.4, -0.2) is 38.0 Å². The fraction of sp³-hybridized carbons (Fsp3) is 0.400. The zero-order chi connectivity index (χ0) is 23.4. The van der Waals surface area contributed by atoms with Crippen LogP contribution in [0.25, 0.3) is 11.4 Å². The van der Waals surface area contributed by atoms with Gasteiger partial charge >= 0.3 is 0 Å². The highest BCUT2D eigenvalue weighted by molar-refractivity contribution is 7.71. The molecule has 1 fully saturated rings. The Hall–Kier alpha value is -2.86. The number of benzene rings is 2. The second-order valence-electron chi connectivity index (χ2n) is 8.65. The Balaban J connectivity index is 1.64. The van der Waals surface area contributed by atoms with Crippen molar-refractivity contribution in [2.24, 2.45) is 0 Å². The molecule has 6 nitrogen and oxygen atoms in total. The van der Waals surface area contributed by atoms with Gasteiger partial charge in [-0.15, -0.1) is 0 Å². The van der Waals surface area contributed by atoms with E-state index in [1.165, 1.54) is 12.1 Å². The fourth-order valence-electron chi connectivity index (χ4n) is 3.99. The van der Waals surface area contributed by atoms with Gasteiger partial charge in [-0.05, 0) is 80.9 Å². The van der Waals surface area contributed by atoms with Gasteiger partial charge in [-0.25, -0.2) is 9.07 Å². The predicted molar refractivity (Wildman–Crippen MR) is 127 cm³/mol. The van der Waals surface area contributed by atoms with Crippen LogP contribution in [0.15, 0.2) is 48.5 Å². The molecule has 0 aliphatic carbocycles. The van der Waals surface area contributed by atoms with Crippen molar-refractivity contribution in [3.05, 3.63) is 70.2 Å². The first-order chi connectivity index (χ1) is 15.9. The molecule has 0 amide bonds. The van der Waals surface area contributed by atoms with E-state index in [1.54, 1.807) is 12.1 Å². The molecule has 0 saturated carbocycles. The third-order valence-electron chi connectivity index (χ3n) is 5.95. The highest BCUT2D eigenvalue weighted by atomic mass is 32.1. The van der Waals surface area contributed by atoms with Gasteiger partial charge in [0.15, 0.2) is 10.6 Å². The number of nitrogens with zero attached hydrogens (tertiary/aromatic N) is 5. The van der Waals surface area contributed by atoms with Crippen LogP contribution < -0.4 is 0 Å². The fourth-order valence-corrected chi connectivity index (χ4v) is 4.25. The molecule has 2 heterocycles. The number of ether oxygens (including phenoxy) is 1. The molecule has 1 aliphatic rings. The molecule has 172 valence electrons. The summed E-state index contributed by atoms with van der Waals surface area (Å²) < 4.78 is 23.9. The average molecular weight is 466 g/mol. The molecule has 0 spiro atoms. The van der Waals surface area contributed by atoms with Gasteiger partial charge in [0, 0.05) is 24.8 Å². The van der Waals surface area contributed by atoms with E-state index in [1.807, 2.05) is 33.5 Å². The van der Waals surface area contributed by atoms with Crippen LogP contribution >= 0.6 is 12.2 Å². The molecular formula is C25H28FN5OS. The number of hydrogen-bond acceptors (Lipinski definition) is 5. The molecular weight excluding hydrogens is 437 g/mol. The zero-order valence-electron chi connectivity index (χ0n) is 18.9. The average Bonchev–Trinajstić information content (AvgIpc) is 3.43. The molecule has 1 atom stereocenters. The first-order valence-electron chi connectivity index (χ1n) is 11.2. The molecule has 2 aromatic carbocycles. The van der Waals surface area contributed by atoms with E-state index in [0.717, 1.165) is 36.4 Å². The lowest BCUT2D eigenvalue weighted by Crippen LogP contribution is -2.33. The Labute approximate surface area is 198 Å². The van der Waals surface area contributed by atoms with E-state index in [-0.39, 0.29) is 18.0 Å². The molecule has 8 heteroatoms. The van der Waals surface area contributed by atoms with E-state index in [9.17, 15) is 4.39 Å². The Morgan fingerprint density at radius 3 is 2.55 bits per heavy atom. The van der Waals surface area contributed by atoms with Crippen molar-refractivity contribution in [1.29, 1.82) is 5.26 Å². The van der Waals surface area contributed by atoms with Crippen LogP contribution in [0.3, 0.4) is 0 Å². The minimum atomic E-state index is -0.282. The first-order valence-corrected chi connectivity index (χ1v) is 11.6. The van der Waals surface area contributed by atoms with Crippen LogP contribution in [0.2, 0.25) is 0 Å². The van der Waals surface area contributed by atoms with Gasteiger partial charge in [0.05, 0.1) is 31.0 Å². The Bertz CT molecular complexity index is 1170. The molecule has 33 heavy (non-hydrogen) atoms. The van der Waals surface area contributed by atoms with E-state index in [0.29, 0.717) is 30.1 Å². The highest BCUT2D eigenvalue weighted by Gasteiger charge is 2.22. The monoisotopic (exact) mass is 465 g/mol. The molecule has 0 radical (unpaired) electrons. The molecule has 0 N–H and O–H groups in total. The van der Waals surface area contributed by atoms with E-state index in [4.69, 9.17) is 27.3 Å². The first kappa shape index (κ1) is 23.3. The molecule has 1 saturated heterocycles. The molecule has 1 unspecified atom stereocenters. The van der Waals surface area contributed by atoms with Gasteiger partial charge in [0.25, 0.3) is 0 Å². The maximum atomic E-state index is 13.5. The van der Waals surface area contributed by atoms with Gasteiger partial charge in [0.1, 0.15) is 5.82 Å². The predicted octanol–water partition coefficient (Wildman–Crippen LogP) is 5.14. The van der Waals surface area contributed by atoms with E-state index < -0.39 is 0 Å². The van der Waals surface area contributed by atoms with Crippen molar-refractivity contribution in [3.8, 4) is 17.5 Å². The van der Waals surface area contributed by atoms with Gasteiger partial charge in [-0.1, -0.05) is 12.1 Å². The standard InChI is InChI=1S/C25H28FN5OS/c1-18(2)29(15-20-7-5-19(14-27)6-8-20)17-31-25(33)30(16-23-4-3-13-32-23)24(28-31)21-9-11-22(26)12-10-21/h5-12,18,23H,3-4,13,15-17H2,1-2H3. The summed E-state index contributed by atoms with van der Waals surface area (Å²) in [5.41, 5.74) is 2.59. The van der Waals surface area contributed by atoms with Crippen LogP contribution in [0.1, 0.15) is 37.8 Å². The number of halogens is 1. The Morgan fingerprint density at radius 1 is 1.21 bits per heavy atom. The van der Waals surface area contributed by atoms with E-state index in [2.05, 4.69) is 24.8 Å². The summed E-state index contributed by atoms with van der Waals surface area (Å²) in [7, 11) is 0. The van der Waals surface area contributed by atoms with Crippen molar-refractivity contribution in [2.45, 2.75) is 58.6 Å². The topological polar surface area (TPSA) is 59.0 Å². The normalized spacial score (nSPS) is 15.9. The summed E-state index contributed by atoms with van der Waals surface area (Å²) in [4.78, 5) is 2.27. The third-order valence-corrected chi connectivity index (χ3v) is 6.38. The second kappa shape index (κ2) is 10.4. The van der Waals surface area contributed by atoms with E-state index >= 15 is 0 Å². The number of aromatic nitrogens is 3. The maximum absolute atomic E-state index is 13.5. The largest absolute Gasteiger partial charge is 0.376 e. The Kier molecular flexibility index (Phi) is 7.33. The van der Waals surface area contributed by atoms with Gasteiger partial charge in [0.2, 0.25) is 0 Å². The lowest BCUT2D eigenvalue weighted by atomic mass is 10.1. The van der Waals surface area contributed by atoms with Crippen molar-refractivity contribution >= 4 is 12.2 Å². The van der Waals surface area contributed by atoms with Gasteiger partial charge < -0.3 is 4.74 Å². The minimum Gasteiger partial charge on any atom is -0.376 e. The summed E-state index contributed by atoms with van der Waals surface area (Å²) in [5, 5.41) is 13.9. The highest BCUT2D eigenvalue weighted by Crippen LogP contribution is 2.23. The van der Waals surface area contributed by atoms with Crippen molar-refractivity contribution < 1.29 is 9.13 Å². The quantitative estimate of drug-likeness (QED) is 0.431. The van der Waals surface area contributed by atoms with Gasteiger partial charge in [-0.3, -0.25) is 9.47 Å². The third kappa shape index (κ3) is 5.56. The minimum absolute atomic E-state index is 0.105. The number of hydrogen-bond donors (Lipinski definition) is 0. The number of nitriles is 1.